The Balaban J connectivity index is 2.12. The maximum atomic E-state index is 12.0. The van der Waals surface area contributed by atoms with E-state index in [1.807, 2.05) is 0 Å². The number of hydrogen-bond acceptors (Lipinski definition) is 4. The van der Waals surface area contributed by atoms with Crippen molar-refractivity contribution in [3.8, 4) is 0 Å². The lowest BCUT2D eigenvalue weighted by Gasteiger charge is -2.37. The number of nitrogens with zero attached hydrogens (tertiary/aromatic N) is 1. The van der Waals surface area contributed by atoms with Gasteiger partial charge in [0.15, 0.2) is 5.78 Å². The van der Waals surface area contributed by atoms with Crippen LogP contribution in [0.1, 0.15) is 33.6 Å². The molecule has 2 fully saturated rings. The Labute approximate surface area is 112 Å². The molecule has 0 aromatic rings. The summed E-state index contributed by atoms with van der Waals surface area (Å²) in [6.07, 6.45) is 0.218. The predicted molar refractivity (Wildman–Crippen MR) is 67.5 cm³/mol. The first-order valence-corrected chi connectivity index (χ1v) is 6.54. The van der Waals surface area contributed by atoms with E-state index in [0.29, 0.717) is 19.5 Å². The second-order valence-electron chi connectivity index (χ2n) is 6.16. The van der Waals surface area contributed by atoms with Crippen molar-refractivity contribution in [2.45, 2.75) is 39.2 Å². The summed E-state index contributed by atoms with van der Waals surface area (Å²) < 4.78 is 5.29. The number of hydrogen-bond donors (Lipinski definition) is 1. The molecule has 2 heterocycles. The zero-order valence-electron chi connectivity index (χ0n) is 11.6. The summed E-state index contributed by atoms with van der Waals surface area (Å²) in [5.74, 6) is -0.326. The lowest BCUT2D eigenvalue weighted by molar-refractivity contribution is -0.143. The minimum atomic E-state index is -1.05. The third kappa shape index (κ3) is 2.57. The first-order chi connectivity index (χ1) is 8.74. The van der Waals surface area contributed by atoms with Crippen LogP contribution >= 0.6 is 0 Å². The number of amides is 2. The van der Waals surface area contributed by atoms with Crippen molar-refractivity contribution in [2.24, 2.45) is 5.41 Å². The second-order valence-corrected chi connectivity index (χ2v) is 6.16. The molecular weight excluding hydrogens is 248 g/mol. The fraction of sp³-hybridized carbons (Fsp3) is 0.769. The standard InChI is InChI=1S/C13H20N2O4/c1-12(2,3)19-11(18)15-7-4-9(16)13(8-15)5-6-14-10(13)17/h4-8H2,1-3H3,(H,14,17). The number of carbonyl (C=O) groups is 3. The van der Waals surface area contributed by atoms with Gasteiger partial charge in [0.25, 0.3) is 0 Å². The van der Waals surface area contributed by atoms with Gasteiger partial charge in [-0.2, -0.15) is 0 Å². The molecule has 2 aliphatic heterocycles. The molecule has 2 rings (SSSR count). The summed E-state index contributed by atoms with van der Waals surface area (Å²) in [7, 11) is 0. The van der Waals surface area contributed by atoms with Crippen molar-refractivity contribution in [3.05, 3.63) is 0 Å². The normalized spacial score (nSPS) is 27.6. The molecule has 1 atom stereocenters. The van der Waals surface area contributed by atoms with E-state index in [-0.39, 0.29) is 24.7 Å². The first-order valence-electron chi connectivity index (χ1n) is 6.54. The van der Waals surface area contributed by atoms with Crippen molar-refractivity contribution in [3.63, 3.8) is 0 Å². The Kier molecular flexibility index (Phi) is 3.28. The zero-order valence-corrected chi connectivity index (χ0v) is 11.6. The van der Waals surface area contributed by atoms with Crippen LogP contribution < -0.4 is 5.32 Å². The molecule has 1 spiro atoms. The number of nitrogens with one attached hydrogen (secondary N) is 1. The monoisotopic (exact) mass is 268 g/mol. The van der Waals surface area contributed by atoms with E-state index in [0.717, 1.165) is 0 Å². The third-order valence-electron chi connectivity index (χ3n) is 3.53. The molecule has 1 N–H and O–H groups in total. The molecule has 0 bridgehead atoms. The van der Waals surface area contributed by atoms with Crippen LogP contribution in [0.2, 0.25) is 0 Å². The SMILES string of the molecule is CC(C)(C)OC(=O)N1CCC(=O)C2(CCNC2=O)C1. The molecule has 0 aliphatic carbocycles. The van der Waals surface area contributed by atoms with Crippen LogP contribution in [0.3, 0.4) is 0 Å². The molecule has 0 aromatic heterocycles. The molecule has 19 heavy (non-hydrogen) atoms. The van der Waals surface area contributed by atoms with Gasteiger partial charge in [0, 0.05) is 26.1 Å². The average molecular weight is 268 g/mol. The Hall–Kier alpha value is -1.59. The van der Waals surface area contributed by atoms with E-state index in [2.05, 4.69) is 5.32 Å². The number of carbonyl (C=O) groups excluding carboxylic acids is 3. The highest BCUT2D eigenvalue weighted by atomic mass is 16.6. The highest BCUT2D eigenvalue weighted by Crippen LogP contribution is 2.34. The summed E-state index contributed by atoms with van der Waals surface area (Å²) in [6, 6.07) is 0. The smallest absolute Gasteiger partial charge is 0.410 e. The maximum absolute atomic E-state index is 12.0. The molecule has 0 saturated carbocycles. The number of ether oxygens (including phenoxy) is 1. The largest absolute Gasteiger partial charge is 0.444 e. The molecule has 2 aliphatic rings. The second kappa shape index (κ2) is 4.51. The average Bonchev–Trinajstić information content (AvgIpc) is 2.63. The molecule has 0 radical (unpaired) electrons. The number of ketones is 1. The van der Waals surface area contributed by atoms with Crippen molar-refractivity contribution in [1.29, 1.82) is 0 Å². The molecule has 0 aromatic carbocycles. The van der Waals surface area contributed by atoms with Gasteiger partial charge in [0.1, 0.15) is 11.0 Å². The van der Waals surface area contributed by atoms with Crippen LogP contribution in [0.4, 0.5) is 4.79 Å². The van der Waals surface area contributed by atoms with Gasteiger partial charge in [0.2, 0.25) is 5.91 Å². The van der Waals surface area contributed by atoms with E-state index in [4.69, 9.17) is 4.74 Å². The lowest BCUT2D eigenvalue weighted by atomic mass is 9.77. The van der Waals surface area contributed by atoms with Crippen LogP contribution in [0.5, 0.6) is 0 Å². The van der Waals surface area contributed by atoms with Crippen molar-refractivity contribution in [1.82, 2.24) is 10.2 Å². The predicted octanol–water partition coefficient (Wildman–Crippen LogP) is 0.703. The van der Waals surface area contributed by atoms with Gasteiger partial charge in [-0.15, -0.1) is 0 Å². The first kappa shape index (κ1) is 13.8. The van der Waals surface area contributed by atoms with Gasteiger partial charge >= 0.3 is 6.09 Å². The summed E-state index contributed by atoms with van der Waals surface area (Å²) in [4.78, 5) is 37.4. The Morgan fingerprint density at radius 2 is 2.05 bits per heavy atom. The van der Waals surface area contributed by atoms with E-state index in [1.54, 1.807) is 20.8 Å². The minimum absolute atomic E-state index is 0.0673. The Morgan fingerprint density at radius 3 is 2.58 bits per heavy atom. The highest BCUT2D eigenvalue weighted by molar-refractivity contribution is 6.08. The quantitative estimate of drug-likeness (QED) is 0.656. The number of Topliss-reactive ketones (excluding diaryl/α,β-unsaturated/α-hetero) is 1. The topological polar surface area (TPSA) is 75.7 Å². The summed E-state index contributed by atoms with van der Waals surface area (Å²) in [5.41, 5.74) is -1.63. The summed E-state index contributed by atoms with van der Waals surface area (Å²) in [5, 5.41) is 2.68. The molecule has 106 valence electrons. The molecule has 2 saturated heterocycles. The number of likely N-dealkylation sites (tertiary alicyclic amines) is 1. The maximum Gasteiger partial charge on any atom is 0.410 e. The van der Waals surface area contributed by atoms with Crippen LogP contribution in [0, 0.1) is 5.41 Å². The number of rotatable bonds is 0. The summed E-state index contributed by atoms with van der Waals surface area (Å²) in [6.45, 7) is 6.32. The van der Waals surface area contributed by atoms with Crippen molar-refractivity contribution < 1.29 is 19.1 Å². The Bertz CT molecular complexity index is 427. The van der Waals surface area contributed by atoms with E-state index in [9.17, 15) is 14.4 Å². The molecular formula is C13H20N2O4. The molecule has 6 heteroatoms. The van der Waals surface area contributed by atoms with Gasteiger partial charge in [-0.25, -0.2) is 4.79 Å². The van der Waals surface area contributed by atoms with Crippen molar-refractivity contribution >= 4 is 17.8 Å². The van der Waals surface area contributed by atoms with Gasteiger partial charge in [-0.1, -0.05) is 0 Å². The molecule has 2 amide bonds. The number of piperidine rings is 1. The fourth-order valence-corrected chi connectivity index (χ4v) is 2.54. The van der Waals surface area contributed by atoms with Crippen LogP contribution in [-0.4, -0.2) is 47.9 Å². The summed E-state index contributed by atoms with van der Waals surface area (Å²) >= 11 is 0. The van der Waals surface area contributed by atoms with E-state index in [1.165, 1.54) is 4.90 Å². The van der Waals surface area contributed by atoms with Gasteiger partial charge in [0.05, 0.1) is 0 Å². The lowest BCUT2D eigenvalue weighted by Crippen LogP contribution is -2.55. The molecule has 1 unspecified atom stereocenters. The van der Waals surface area contributed by atoms with Crippen molar-refractivity contribution in [2.75, 3.05) is 19.6 Å². The van der Waals surface area contributed by atoms with E-state index >= 15 is 0 Å². The zero-order chi connectivity index (χ0) is 14.3. The van der Waals surface area contributed by atoms with Gasteiger partial charge in [-0.3, -0.25) is 9.59 Å². The minimum Gasteiger partial charge on any atom is -0.444 e. The van der Waals surface area contributed by atoms with E-state index < -0.39 is 17.1 Å². The van der Waals surface area contributed by atoms with Crippen LogP contribution in [0.15, 0.2) is 0 Å². The van der Waals surface area contributed by atoms with Crippen LogP contribution in [-0.2, 0) is 14.3 Å². The molecule has 6 nitrogen and oxygen atoms in total. The fourth-order valence-electron chi connectivity index (χ4n) is 2.54. The van der Waals surface area contributed by atoms with Gasteiger partial charge < -0.3 is 15.0 Å². The van der Waals surface area contributed by atoms with Gasteiger partial charge in [-0.05, 0) is 27.2 Å². The third-order valence-corrected chi connectivity index (χ3v) is 3.53. The Morgan fingerprint density at radius 1 is 1.37 bits per heavy atom. The highest BCUT2D eigenvalue weighted by Gasteiger charge is 2.52. The van der Waals surface area contributed by atoms with Crippen LogP contribution in [0.25, 0.3) is 0 Å².